The van der Waals surface area contributed by atoms with Crippen LogP contribution in [0.1, 0.15) is 27.9 Å². The maximum Gasteiger partial charge on any atom is 0.254 e. The molecule has 1 aliphatic heterocycles. The normalized spacial score (nSPS) is 13.8. The van der Waals surface area contributed by atoms with Gasteiger partial charge in [0.15, 0.2) is 0 Å². The molecule has 0 fully saturated rings. The van der Waals surface area contributed by atoms with E-state index in [0.29, 0.717) is 30.9 Å². The molecule has 0 atom stereocenters. The van der Waals surface area contributed by atoms with Crippen LogP contribution in [0.5, 0.6) is 0 Å². The van der Waals surface area contributed by atoms with Crippen molar-refractivity contribution in [2.75, 3.05) is 6.54 Å². The highest BCUT2D eigenvalue weighted by molar-refractivity contribution is 5.55. The van der Waals surface area contributed by atoms with Gasteiger partial charge in [-0.15, -0.1) is 0 Å². The minimum Gasteiger partial charge on any atom is -0.306 e. The number of nitrogens with zero attached hydrogens (tertiary/aromatic N) is 3. The second-order valence-corrected chi connectivity index (χ2v) is 6.94. The van der Waals surface area contributed by atoms with Gasteiger partial charge < -0.3 is 4.98 Å². The van der Waals surface area contributed by atoms with Gasteiger partial charge in [-0.05, 0) is 25.0 Å². The lowest BCUT2D eigenvalue weighted by atomic mass is 10.0. The topological polar surface area (TPSA) is 72.8 Å². The Morgan fingerprint density at radius 2 is 1.96 bits per heavy atom. The highest BCUT2D eigenvalue weighted by Crippen LogP contribution is 2.21. The summed E-state index contributed by atoms with van der Waals surface area (Å²) in [5, 5.41) is 9.30. The lowest BCUT2D eigenvalue weighted by Crippen LogP contribution is -2.35. The van der Waals surface area contributed by atoms with Gasteiger partial charge >= 0.3 is 0 Å². The molecule has 4 rings (SSSR count). The number of fused-ring (bicyclic) bond motifs is 1. The first-order valence-corrected chi connectivity index (χ1v) is 9.03. The average Bonchev–Trinajstić information content (AvgIpc) is 2.68. The van der Waals surface area contributed by atoms with Crippen LogP contribution in [0.4, 0.5) is 0 Å². The zero-order valence-electron chi connectivity index (χ0n) is 15.2. The van der Waals surface area contributed by atoms with Crippen LogP contribution in [0, 0.1) is 18.3 Å². The van der Waals surface area contributed by atoms with E-state index in [0.717, 1.165) is 28.9 Å². The molecule has 5 nitrogen and oxygen atoms in total. The van der Waals surface area contributed by atoms with Crippen molar-refractivity contribution in [2.45, 2.75) is 26.4 Å². The molecular weight excluding hydrogens is 336 g/mol. The second-order valence-electron chi connectivity index (χ2n) is 6.94. The highest BCUT2D eigenvalue weighted by atomic mass is 16.1. The summed E-state index contributed by atoms with van der Waals surface area (Å²) in [5.74, 6) is 0.609. The molecule has 0 saturated heterocycles. The number of aromatic amines is 1. The van der Waals surface area contributed by atoms with Crippen LogP contribution in [0.2, 0.25) is 0 Å². The summed E-state index contributed by atoms with van der Waals surface area (Å²) < 4.78 is 0. The van der Waals surface area contributed by atoms with Gasteiger partial charge in [-0.25, -0.2) is 4.98 Å². The quantitative estimate of drug-likeness (QED) is 0.782. The maximum absolute atomic E-state index is 12.5. The number of benzene rings is 2. The summed E-state index contributed by atoms with van der Waals surface area (Å²) in [6.45, 7) is 4.10. The van der Waals surface area contributed by atoms with Crippen LogP contribution in [-0.2, 0) is 19.5 Å². The number of nitriles is 1. The minimum absolute atomic E-state index is 0.0485. The van der Waals surface area contributed by atoms with E-state index in [4.69, 9.17) is 4.98 Å². The van der Waals surface area contributed by atoms with Crippen LogP contribution >= 0.6 is 0 Å². The molecule has 0 bridgehead atoms. The molecule has 0 spiro atoms. The molecule has 3 aromatic rings. The Kier molecular flexibility index (Phi) is 4.57. The molecule has 0 aliphatic carbocycles. The van der Waals surface area contributed by atoms with E-state index in [1.54, 1.807) is 0 Å². The lowest BCUT2D eigenvalue weighted by Gasteiger charge is -2.28. The SMILES string of the molecule is Cc1ccc(-c2nc3c(c(=O)[nH]2)CCN(Cc2ccccc2C#N)C3)cc1. The lowest BCUT2D eigenvalue weighted by molar-refractivity contribution is 0.240. The molecule has 2 aromatic carbocycles. The third kappa shape index (κ3) is 3.53. The third-order valence-electron chi connectivity index (χ3n) is 5.01. The molecule has 0 radical (unpaired) electrons. The smallest absolute Gasteiger partial charge is 0.254 e. The molecule has 5 heteroatoms. The monoisotopic (exact) mass is 356 g/mol. The number of hydrogen-bond acceptors (Lipinski definition) is 4. The summed E-state index contributed by atoms with van der Waals surface area (Å²) in [6.07, 6.45) is 0.667. The molecule has 27 heavy (non-hydrogen) atoms. The van der Waals surface area contributed by atoms with Gasteiger partial charge in [0.2, 0.25) is 0 Å². The standard InChI is InChI=1S/C22H20N4O/c1-15-6-8-16(9-7-15)21-24-20-14-26(11-10-19(20)22(27)25-21)13-18-5-3-2-4-17(18)12-23/h2-9H,10-11,13-14H2,1H3,(H,24,25,27). The molecule has 0 saturated carbocycles. The fourth-order valence-corrected chi connectivity index (χ4v) is 3.49. The van der Waals surface area contributed by atoms with E-state index in [9.17, 15) is 10.1 Å². The number of rotatable bonds is 3. The van der Waals surface area contributed by atoms with Crippen molar-refractivity contribution >= 4 is 0 Å². The fraction of sp³-hybridized carbons (Fsp3) is 0.227. The zero-order chi connectivity index (χ0) is 18.8. The number of nitrogens with one attached hydrogen (secondary N) is 1. The minimum atomic E-state index is -0.0485. The Morgan fingerprint density at radius 3 is 2.74 bits per heavy atom. The van der Waals surface area contributed by atoms with Crippen LogP contribution in [0.15, 0.2) is 53.3 Å². The Balaban J connectivity index is 1.63. The van der Waals surface area contributed by atoms with Crippen molar-refractivity contribution in [1.29, 1.82) is 5.26 Å². The van der Waals surface area contributed by atoms with Crippen LogP contribution in [-0.4, -0.2) is 21.4 Å². The molecule has 0 unspecified atom stereocenters. The Hall–Kier alpha value is -3.23. The predicted molar refractivity (Wildman–Crippen MR) is 104 cm³/mol. The first-order chi connectivity index (χ1) is 13.1. The molecular formula is C22H20N4O. The van der Waals surface area contributed by atoms with Crippen LogP contribution in [0.25, 0.3) is 11.4 Å². The Morgan fingerprint density at radius 1 is 1.19 bits per heavy atom. The van der Waals surface area contributed by atoms with Crippen LogP contribution in [0.3, 0.4) is 0 Å². The predicted octanol–water partition coefficient (Wildman–Crippen LogP) is 3.18. The Labute approximate surface area is 157 Å². The van der Waals surface area contributed by atoms with Gasteiger partial charge in [-0.1, -0.05) is 48.0 Å². The van der Waals surface area contributed by atoms with Crippen molar-refractivity contribution in [2.24, 2.45) is 0 Å². The highest BCUT2D eigenvalue weighted by Gasteiger charge is 2.22. The Bertz CT molecular complexity index is 1080. The molecule has 1 aliphatic rings. The van der Waals surface area contributed by atoms with E-state index in [1.165, 1.54) is 5.56 Å². The number of hydrogen-bond donors (Lipinski definition) is 1. The fourth-order valence-electron chi connectivity index (χ4n) is 3.49. The van der Waals surface area contributed by atoms with Crippen LogP contribution < -0.4 is 5.56 Å². The second kappa shape index (κ2) is 7.18. The molecule has 2 heterocycles. The summed E-state index contributed by atoms with van der Waals surface area (Å²) in [7, 11) is 0. The van der Waals surface area contributed by atoms with Crippen molar-refractivity contribution in [3.63, 3.8) is 0 Å². The zero-order valence-corrected chi connectivity index (χ0v) is 15.2. The molecule has 1 aromatic heterocycles. The van der Waals surface area contributed by atoms with E-state index < -0.39 is 0 Å². The van der Waals surface area contributed by atoms with Gasteiger partial charge in [0.1, 0.15) is 5.82 Å². The summed E-state index contributed by atoms with van der Waals surface area (Å²) in [5.41, 5.74) is 5.33. The largest absolute Gasteiger partial charge is 0.306 e. The van der Waals surface area contributed by atoms with E-state index >= 15 is 0 Å². The third-order valence-corrected chi connectivity index (χ3v) is 5.01. The van der Waals surface area contributed by atoms with Gasteiger partial charge in [-0.2, -0.15) is 5.26 Å². The summed E-state index contributed by atoms with van der Waals surface area (Å²) in [6, 6.07) is 17.9. The van der Waals surface area contributed by atoms with Crippen molar-refractivity contribution in [3.8, 4) is 17.5 Å². The molecule has 0 amide bonds. The van der Waals surface area contributed by atoms with Gasteiger partial charge in [0.25, 0.3) is 5.56 Å². The van der Waals surface area contributed by atoms with E-state index in [-0.39, 0.29) is 5.56 Å². The van der Waals surface area contributed by atoms with Crippen molar-refractivity contribution in [1.82, 2.24) is 14.9 Å². The van der Waals surface area contributed by atoms with Gasteiger partial charge in [0.05, 0.1) is 17.3 Å². The van der Waals surface area contributed by atoms with Gasteiger partial charge in [-0.3, -0.25) is 9.69 Å². The van der Waals surface area contributed by atoms with E-state index in [2.05, 4.69) is 16.0 Å². The van der Waals surface area contributed by atoms with Crippen molar-refractivity contribution in [3.05, 3.63) is 86.8 Å². The van der Waals surface area contributed by atoms with E-state index in [1.807, 2.05) is 55.5 Å². The molecule has 1 N–H and O–H groups in total. The first-order valence-electron chi connectivity index (χ1n) is 9.03. The number of aromatic nitrogens is 2. The average molecular weight is 356 g/mol. The first kappa shape index (κ1) is 17.2. The summed E-state index contributed by atoms with van der Waals surface area (Å²) in [4.78, 5) is 22.4. The summed E-state index contributed by atoms with van der Waals surface area (Å²) >= 11 is 0. The molecule has 134 valence electrons. The number of aryl methyl sites for hydroxylation is 1. The van der Waals surface area contributed by atoms with Crippen molar-refractivity contribution < 1.29 is 0 Å². The maximum atomic E-state index is 12.5. The van der Waals surface area contributed by atoms with Gasteiger partial charge in [0, 0.05) is 30.8 Å². The number of H-pyrrole nitrogens is 1.